The lowest BCUT2D eigenvalue weighted by Gasteiger charge is -2.00. The minimum absolute atomic E-state index is 0.0204. The highest BCUT2D eigenvalue weighted by molar-refractivity contribution is 7.12. The smallest absolute Gasteiger partial charge is 0.261 e. The predicted molar refractivity (Wildman–Crippen MR) is 50.4 cm³/mol. The van der Waals surface area contributed by atoms with Gasteiger partial charge in [-0.25, -0.2) is 0 Å². The number of carbonyl (C=O) groups excluding carboxylic acids is 1. The molecule has 0 atom stereocenters. The molecule has 1 rings (SSSR count). The van der Waals surface area contributed by atoms with E-state index in [4.69, 9.17) is 5.73 Å². The molecule has 0 aliphatic carbocycles. The summed E-state index contributed by atoms with van der Waals surface area (Å²) in [4.78, 5) is 12.1. The molecule has 0 aliphatic heterocycles. The van der Waals surface area contributed by atoms with Gasteiger partial charge < -0.3 is 11.1 Å². The summed E-state index contributed by atoms with van der Waals surface area (Å²) in [5, 5.41) is 4.63. The molecule has 1 aromatic heterocycles. The number of nitrogens with one attached hydrogen (secondary N) is 1. The van der Waals surface area contributed by atoms with Gasteiger partial charge in [-0.3, -0.25) is 4.79 Å². The first-order chi connectivity index (χ1) is 5.75. The second kappa shape index (κ2) is 4.23. The van der Waals surface area contributed by atoms with Crippen LogP contribution in [0.5, 0.6) is 0 Å². The fourth-order valence-corrected chi connectivity index (χ4v) is 1.71. The summed E-state index contributed by atoms with van der Waals surface area (Å²) in [5.41, 5.74) is 6.28. The largest absolute Gasteiger partial charge is 0.350 e. The van der Waals surface area contributed by atoms with E-state index >= 15 is 0 Å². The summed E-state index contributed by atoms with van der Waals surface area (Å²) in [6.45, 7) is 2.94. The van der Waals surface area contributed by atoms with Crippen molar-refractivity contribution in [3.63, 3.8) is 0 Å². The third-order valence-electron chi connectivity index (χ3n) is 1.50. The van der Waals surface area contributed by atoms with Gasteiger partial charge in [-0.05, 0) is 23.9 Å². The average molecular weight is 184 g/mol. The third kappa shape index (κ3) is 2.06. The van der Waals surface area contributed by atoms with Crippen LogP contribution in [0.1, 0.15) is 15.2 Å². The Bertz CT molecular complexity index is 270. The molecule has 0 saturated heterocycles. The van der Waals surface area contributed by atoms with E-state index in [0.29, 0.717) is 13.1 Å². The van der Waals surface area contributed by atoms with E-state index in [0.717, 1.165) is 10.4 Å². The topological polar surface area (TPSA) is 55.1 Å². The number of hydrogen-bond acceptors (Lipinski definition) is 3. The lowest BCUT2D eigenvalue weighted by atomic mass is 10.3. The first-order valence-corrected chi connectivity index (χ1v) is 4.66. The Hall–Kier alpha value is -0.870. The molecule has 1 aromatic rings. The van der Waals surface area contributed by atoms with E-state index in [1.165, 1.54) is 11.3 Å². The summed E-state index contributed by atoms with van der Waals surface area (Å²) >= 11 is 1.46. The monoisotopic (exact) mass is 184 g/mol. The lowest BCUT2D eigenvalue weighted by Crippen LogP contribution is -2.28. The molecule has 1 heterocycles. The molecule has 0 aromatic carbocycles. The summed E-state index contributed by atoms with van der Waals surface area (Å²) in [6, 6.07) is 1.93. The summed E-state index contributed by atoms with van der Waals surface area (Å²) in [5.74, 6) is -0.0204. The number of carbonyl (C=O) groups is 1. The standard InChI is InChI=1S/C8H12N2OS/c1-6-2-5-12-7(6)8(11)10-4-3-9/h2,5H,3-4,9H2,1H3,(H,10,11). The normalized spacial score (nSPS) is 9.83. The molecule has 0 aliphatic rings. The second-order valence-electron chi connectivity index (χ2n) is 2.48. The summed E-state index contributed by atoms with van der Waals surface area (Å²) in [6.07, 6.45) is 0. The molecule has 0 fully saturated rings. The fraction of sp³-hybridized carbons (Fsp3) is 0.375. The van der Waals surface area contributed by atoms with E-state index in [1.54, 1.807) is 0 Å². The van der Waals surface area contributed by atoms with Crippen LogP contribution in [0.3, 0.4) is 0 Å². The highest BCUT2D eigenvalue weighted by Gasteiger charge is 2.08. The number of aryl methyl sites for hydroxylation is 1. The molecule has 12 heavy (non-hydrogen) atoms. The molecular formula is C8H12N2OS. The van der Waals surface area contributed by atoms with E-state index in [2.05, 4.69) is 5.32 Å². The highest BCUT2D eigenvalue weighted by atomic mass is 32.1. The minimum atomic E-state index is -0.0204. The van der Waals surface area contributed by atoms with Crippen molar-refractivity contribution in [2.24, 2.45) is 5.73 Å². The van der Waals surface area contributed by atoms with Crippen molar-refractivity contribution in [3.8, 4) is 0 Å². The predicted octanol–water partition coefficient (Wildman–Crippen LogP) is 0.745. The maximum atomic E-state index is 11.3. The van der Waals surface area contributed by atoms with Crippen LogP contribution in [0.2, 0.25) is 0 Å². The fourth-order valence-electron chi connectivity index (χ4n) is 0.871. The quantitative estimate of drug-likeness (QED) is 0.728. The Labute approximate surface area is 75.6 Å². The number of rotatable bonds is 3. The van der Waals surface area contributed by atoms with Gasteiger partial charge in [0.15, 0.2) is 0 Å². The average Bonchev–Trinajstić information content (AvgIpc) is 2.47. The zero-order valence-corrected chi connectivity index (χ0v) is 7.78. The van der Waals surface area contributed by atoms with Gasteiger partial charge in [-0.15, -0.1) is 11.3 Å². The van der Waals surface area contributed by atoms with Crippen LogP contribution < -0.4 is 11.1 Å². The van der Waals surface area contributed by atoms with Crippen LogP contribution in [0.4, 0.5) is 0 Å². The van der Waals surface area contributed by atoms with Crippen LogP contribution >= 0.6 is 11.3 Å². The third-order valence-corrected chi connectivity index (χ3v) is 2.51. The van der Waals surface area contributed by atoms with Crippen LogP contribution in [0.15, 0.2) is 11.4 Å². The SMILES string of the molecule is Cc1ccsc1C(=O)NCCN. The first kappa shape index (κ1) is 9.22. The van der Waals surface area contributed by atoms with Crippen molar-refractivity contribution in [3.05, 3.63) is 21.9 Å². The van der Waals surface area contributed by atoms with Gasteiger partial charge in [0.1, 0.15) is 0 Å². The van der Waals surface area contributed by atoms with Crippen molar-refractivity contribution >= 4 is 17.2 Å². The molecule has 3 nitrogen and oxygen atoms in total. The second-order valence-corrected chi connectivity index (χ2v) is 3.39. The molecule has 0 radical (unpaired) electrons. The summed E-state index contributed by atoms with van der Waals surface area (Å²) in [7, 11) is 0. The molecule has 0 bridgehead atoms. The van der Waals surface area contributed by atoms with Crippen molar-refractivity contribution in [2.45, 2.75) is 6.92 Å². The van der Waals surface area contributed by atoms with Gasteiger partial charge in [0.05, 0.1) is 4.88 Å². The molecule has 0 spiro atoms. The Morgan fingerprint density at radius 1 is 1.75 bits per heavy atom. The van der Waals surface area contributed by atoms with Crippen LogP contribution in [-0.4, -0.2) is 19.0 Å². The highest BCUT2D eigenvalue weighted by Crippen LogP contribution is 2.14. The summed E-state index contributed by atoms with van der Waals surface area (Å²) < 4.78 is 0. The van der Waals surface area contributed by atoms with Gasteiger partial charge in [0.25, 0.3) is 5.91 Å². The Morgan fingerprint density at radius 2 is 2.50 bits per heavy atom. The molecule has 0 saturated carbocycles. The number of nitrogens with two attached hydrogens (primary N) is 1. The van der Waals surface area contributed by atoms with E-state index in [-0.39, 0.29) is 5.91 Å². The van der Waals surface area contributed by atoms with Gasteiger partial charge >= 0.3 is 0 Å². The van der Waals surface area contributed by atoms with Crippen LogP contribution in [0, 0.1) is 6.92 Å². The number of hydrogen-bond donors (Lipinski definition) is 2. The zero-order valence-electron chi connectivity index (χ0n) is 6.96. The van der Waals surface area contributed by atoms with Crippen molar-refractivity contribution < 1.29 is 4.79 Å². The number of thiophene rings is 1. The molecule has 4 heteroatoms. The van der Waals surface area contributed by atoms with Crippen molar-refractivity contribution in [2.75, 3.05) is 13.1 Å². The van der Waals surface area contributed by atoms with Gasteiger partial charge in [-0.2, -0.15) is 0 Å². The maximum absolute atomic E-state index is 11.3. The molecule has 1 amide bonds. The number of amides is 1. The van der Waals surface area contributed by atoms with E-state index in [9.17, 15) is 4.79 Å². The van der Waals surface area contributed by atoms with Crippen molar-refractivity contribution in [1.82, 2.24) is 5.32 Å². The van der Waals surface area contributed by atoms with E-state index < -0.39 is 0 Å². The zero-order chi connectivity index (χ0) is 8.97. The van der Waals surface area contributed by atoms with Crippen molar-refractivity contribution in [1.29, 1.82) is 0 Å². The molecular weight excluding hydrogens is 172 g/mol. The Balaban J connectivity index is 2.59. The van der Waals surface area contributed by atoms with E-state index in [1.807, 2.05) is 18.4 Å². The van der Waals surface area contributed by atoms with Gasteiger partial charge in [-0.1, -0.05) is 0 Å². The Morgan fingerprint density at radius 3 is 3.00 bits per heavy atom. The molecule has 3 N–H and O–H groups in total. The molecule has 66 valence electrons. The van der Waals surface area contributed by atoms with Gasteiger partial charge in [0, 0.05) is 13.1 Å². The Kier molecular flexibility index (Phi) is 3.25. The maximum Gasteiger partial charge on any atom is 0.261 e. The minimum Gasteiger partial charge on any atom is -0.350 e. The van der Waals surface area contributed by atoms with Gasteiger partial charge in [0.2, 0.25) is 0 Å². The lowest BCUT2D eigenvalue weighted by molar-refractivity contribution is 0.0958. The first-order valence-electron chi connectivity index (χ1n) is 3.78. The van der Waals surface area contributed by atoms with Crippen LogP contribution in [-0.2, 0) is 0 Å². The van der Waals surface area contributed by atoms with Crippen LogP contribution in [0.25, 0.3) is 0 Å². The molecule has 0 unspecified atom stereocenters.